The minimum atomic E-state index is -0.886. The number of amides is 2. The number of carbonyl (C=O) groups excluding carboxylic acids is 3. The van der Waals surface area contributed by atoms with Crippen LogP contribution in [0, 0.1) is 15.9 Å². The maximum absolute atomic E-state index is 13.3. The molecule has 1 aliphatic heterocycles. The smallest absolute Gasteiger partial charge is 0.341 e. The number of non-ortho nitro benzene ring substituents is 1. The number of carbonyl (C=O) groups is 3. The van der Waals surface area contributed by atoms with E-state index in [1.54, 1.807) is 0 Å². The van der Waals surface area contributed by atoms with Gasteiger partial charge in [-0.15, -0.1) is 0 Å². The first-order chi connectivity index (χ1) is 15.8. The number of benzene rings is 2. The van der Waals surface area contributed by atoms with Crippen molar-refractivity contribution in [2.24, 2.45) is 5.73 Å². The van der Waals surface area contributed by atoms with E-state index >= 15 is 0 Å². The summed E-state index contributed by atoms with van der Waals surface area (Å²) in [6, 6.07) is 8.94. The molecule has 1 heterocycles. The summed E-state index contributed by atoms with van der Waals surface area (Å²) in [6.07, 6.45) is 1.70. The van der Waals surface area contributed by atoms with Crippen molar-refractivity contribution in [1.29, 1.82) is 0 Å². The summed E-state index contributed by atoms with van der Waals surface area (Å²) >= 11 is 0. The summed E-state index contributed by atoms with van der Waals surface area (Å²) in [6.45, 7) is 0.620. The van der Waals surface area contributed by atoms with Crippen LogP contribution in [0.1, 0.15) is 29.6 Å². The standard InChI is InChI=1S/C22H23FN4O6/c23-15-3-5-16(6-4-15)26(12-9-20(24)28)21(29)14-33-22(30)18-13-17(27(31)32)7-8-19(18)25-10-1-2-11-25/h3-8,13H,1-2,9-12,14H2,(H2,24,28). The molecule has 2 N–H and O–H groups in total. The molecule has 0 aliphatic carbocycles. The summed E-state index contributed by atoms with van der Waals surface area (Å²) in [4.78, 5) is 50.4. The van der Waals surface area contributed by atoms with Gasteiger partial charge in [-0.2, -0.15) is 0 Å². The van der Waals surface area contributed by atoms with E-state index in [0.717, 1.165) is 35.9 Å². The van der Waals surface area contributed by atoms with Crippen LogP contribution < -0.4 is 15.5 Å². The molecule has 2 amide bonds. The average molecular weight is 458 g/mol. The topological polar surface area (TPSA) is 136 Å². The molecule has 2 aromatic carbocycles. The predicted octanol–water partition coefficient (Wildman–Crippen LogP) is 2.40. The highest BCUT2D eigenvalue weighted by Crippen LogP contribution is 2.29. The van der Waals surface area contributed by atoms with Gasteiger partial charge in [-0.25, -0.2) is 9.18 Å². The summed E-state index contributed by atoms with van der Waals surface area (Å²) in [5.41, 5.74) is 5.69. The third-order valence-corrected chi connectivity index (χ3v) is 5.21. The highest BCUT2D eigenvalue weighted by atomic mass is 19.1. The summed E-state index contributed by atoms with van der Waals surface area (Å²) < 4.78 is 18.5. The molecule has 0 unspecified atom stereocenters. The van der Waals surface area contributed by atoms with Gasteiger partial charge in [0, 0.05) is 43.9 Å². The van der Waals surface area contributed by atoms with Gasteiger partial charge < -0.3 is 20.3 Å². The first kappa shape index (κ1) is 23.6. The molecule has 0 radical (unpaired) electrons. The van der Waals surface area contributed by atoms with Crippen molar-refractivity contribution in [1.82, 2.24) is 0 Å². The molecule has 1 aliphatic rings. The number of ether oxygens (including phenoxy) is 1. The average Bonchev–Trinajstić information content (AvgIpc) is 3.33. The fourth-order valence-electron chi connectivity index (χ4n) is 3.56. The number of nitro benzene ring substituents is 1. The third kappa shape index (κ3) is 6.03. The number of halogens is 1. The highest BCUT2D eigenvalue weighted by molar-refractivity contribution is 6.00. The lowest BCUT2D eigenvalue weighted by molar-refractivity contribution is -0.384. The number of primary amides is 1. The molecule has 33 heavy (non-hydrogen) atoms. The number of anilines is 2. The molecule has 1 fully saturated rings. The van der Waals surface area contributed by atoms with E-state index in [2.05, 4.69) is 0 Å². The first-order valence-electron chi connectivity index (χ1n) is 10.3. The summed E-state index contributed by atoms with van der Waals surface area (Å²) in [7, 11) is 0. The molecule has 1 saturated heterocycles. The zero-order valence-corrected chi connectivity index (χ0v) is 17.7. The monoisotopic (exact) mass is 458 g/mol. The van der Waals surface area contributed by atoms with Gasteiger partial charge in [0.2, 0.25) is 5.91 Å². The number of hydrogen-bond acceptors (Lipinski definition) is 7. The van der Waals surface area contributed by atoms with Crippen LogP contribution in [0.5, 0.6) is 0 Å². The molecule has 3 rings (SSSR count). The van der Waals surface area contributed by atoms with Gasteiger partial charge in [0.15, 0.2) is 6.61 Å². The number of nitro groups is 1. The number of rotatable bonds is 9. The Hall–Kier alpha value is -4.02. The molecule has 0 aromatic heterocycles. The van der Waals surface area contributed by atoms with Crippen LogP contribution in [0.15, 0.2) is 42.5 Å². The normalized spacial score (nSPS) is 12.9. The lowest BCUT2D eigenvalue weighted by Gasteiger charge is -2.23. The van der Waals surface area contributed by atoms with Gasteiger partial charge in [0.05, 0.1) is 16.2 Å². The van der Waals surface area contributed by atoms with Gasteiger partial charge in [-0.1, -0.05) is 0 Å². The number of nitrogens with zero attached hydrogens (tertiary/aromatic N) is 3. The minimum Gasteiger partial charge on any atom is -0.452 e. The Balaban J connectivity index is 1.78. The van der Waals surface area contributed by atoms with E-state index in [9.17, 15) is 28.9 Å². The van der Waals surface area contributed by atoms with Crippen LogP contribution in [0.3, 0.4) is 0 Å². The largest absolute Gasteiger partial charge is 0.452 e. The maximum Gasteiger partial charge on any atom is 0.341 e. The second-order valence-corrected chi connectivity index (χ2v) is 7.47. The Bertz CT molecular complexity index is 1050. The minimum absolute atomic E-state index is 0.00984. The molecule has 10 nitrogen and oxygen atoms in total. The lowest BCUT2D eigenvalue weighted by Crippen LogP contribution is -2.37. The third-order valence-electron chi connectivity index (χ3n) is 5.21. The van der Waals surface area contributed by atoms with Crippen LogP contribution in [-0.2, 0) is 14.3 Å². The Morgan fingerprint density at radius 2 is 1.79 bits per heavy atom. The van der Waals surface area contributed by atoms with Gasteiger partial charge >= 0.3 is 5.97 Å². The van der Waals surface area contributed by atoms with E-state index in [1.165, 1.54) is 24.3 Å². The maximum atomic E-state index is 13.3. The van der Waals surface area contributed by atoms with Crippen molar-refractivity contribution >= 4 is 34.8 Å². The quantitative estimate of drug-likeness (QED) is 0.346. The van der Waals surface area contributed by atoms with Gasteiger partial charge in [0.25, 0.3) is 11.6 Å². The van der Waals surface area contributed by atoms with Crippen molar-refractivity contribution in [3.05, 3.63) is 64.0 Å². The van der Waals surface area contributed by atoms with Crippen LogP contribution in [0.2, 0.25) is 0 Å². The summed E-state index contributed by atoms with van der Waals surface area (Å²) in [5, 5.41) is 11.2. The van der Waals surface area contributed by atoms with Gasteiger partial charge in [0.1, 0.15) is 5.82 Å². The fourth-order valence-corrected chi connectivity index (χ4v) is 3.56. The van der Waals surface area contributed by atoms with E-state index in [0.29, 0.717) is 24.5 Å². The highest BCUT2D eigenvalue weighted by Gasteiger charge is 2.25. The molecule has 0 spiro atoms. The van der Waals surface area contributed by atoms with Crippen molar-refractivity contribution in [2.45, 2.75) is 19.3 Å². The van der Waals surface area contributed by atoms with Crippen molar-refractivity contribution in [3.8, 4) is 0 Å². The van der Waals surface area contributed by atoms with Crippen LogP contribution in [0.4, 0.5) is 21.5 Å². The van der Waals surface area contributed by atoms with Gasteiger partial charge in [-0.05, 0) is 43.2 Å². The van der Waals surface area contributed by atoms with E-state index < -0.39 is 35.1 Å². The van der Waals surface area contributed by atoms with E-state index in [1.807, 2.05) is 4.90 Å². The van der Waals surface area contributed by atoms with Crippen LogP contribution in [0.25, 0.3) is 0 Å². The number of nitrogens with two attached hydrogens (primary N) is 1. The Morgan fingerprint density at radius 1 is 1.12 bits per heavy atom. The van der Waals surface area contributed by atoms with E-state index in [4.69, 9.17) is 10.5 Å². The van der Waals surface area contributed by atoms with Gasteiger partial charge in [-0.3, -0.25) is 19.7 Å². The zero-order chi connectivity index (χ0) is 24.0. The Labute approximate surface area is 188 Å². The molecule has 11 heteroatoms. The second kappa shape index (κ2) is 10.5. The molecular weight excluding hydrogens is 435 g/mol. The Kier molecular flexibility index (Phi) is 7.54. The summed E-state index contributed by atoms with van der Waals surface area (Å²) in [5.74, 6) is -2.70. The second-order valence-electron chi connectivity index (χ2n) is 7.47. The number of esters is 1. The van der Waals surface area contributed by atoms with Crippen LogP contribution in [-0.4, -0.2) is 48.9 Å². The first-order valence-corrected chi connectivity index (χ1v) is 10.3. The van der Waals surface area contributed by atoms with Crippen LogP contribution >= 0.6 is 0 Å². The van der Waals surface area contributed by atoms with Crippen molar-refractivity contribution in [2.75, 3.05) is 36.0 Å². The predicted molar refractivity (Wildman–Crippen MR) is 117 cm³/mol. The molecule has 0 saturated carbocycles. The molecule has 174 valence electrons. The molecule has 0 bridgehead atoms. The number of hydrogen-bond donors (Lipinski definition) is 1. The SMILES string of the molecule is NC(=O)CCN(C(=O)COC(=O)c1cc([N+](=O)[O-])ccc1N1CCCC1)c1ccc(F)cc1. The lowest BCUT2D eigenvalue weighted by atomic mass is 10.1. The molecular formula is C22H23FN4O6. The molecule has 0 atom stereocenters. The Morgan fingerprint density at radius 3 is 2.39 bits per heavy atom. The zero-order valence-electron chi connectivity index (χ0n) is 17.7. The van der Waals surface area contributed by atoms with Crippen molar-refractivity contribution in [3.63, 3.8) is 0 Å². The van der Waals surface area contributed by atoms with Crippen molar-refractivity contribution < 1.29 is 28.4 Å². The molecule has 2 aromatic rings. The fraction of sp³-hybridized carbons (Fsp3) is 0.318. The van der Waals surface area contributed by atoms with E-state index in [-0.39, 0.29) is 24.2 Å².